The van der Waals surface area contributed by atoms with Crippen LogP contribution in [0.3, 0.4) is 0 Å². The Bertz CT molecular complexity index is 557. The van der Waals surface area contributed by atoms with Crippen molar-refractivity contribution in [3.8, 4) is 0 Å². The predicted octanol–water partition coefficient (Wildman–Crippen LogP) is 10.8. The van der Waals surface area contributed by atoms with Crippen molar-refractivity contribution in [2.75, 3.05) is 19.8 Å². The van der Waals surface area contributed by atoms with E-state index in [1.165, 1.54) is 128 Å². The van der Waals surface area contributed by atoms with Gasteiger partial charge in [-0.3, -0.25) is 4.79 Å². The zero-order chi connectivity index (χ0) is 29.2. The molecule has 0 saturated heterocycles. The van der Waals surface area contributed by atoms with Gasteiger partial charge in [0, 0.05) is 13.0 Å². The second-order valence-electron chi connectivity index (χ2n) is 11.6. The molecule has 1 atom stereocenters. The molecule has 0 radical (unpaired) electrons. The average molecular weight is 565 g/mol. The molecule has 0 spiro atoms. The molecule has 1 N–H and O–H groups in total. The summed E-state index contributed by atoms with van der Waals surface area (Å²) < 4.78 is 11.1. The molecular formula is C36H68O4. The molecule has 0 aromatic carbocycles. The van der Waals surface area contributed by atoms with Gasteiger partial charge in [-0.1, -0.05) is 147 Å². The third kappa shape index (κ3) is 31.4. The van der Waals surface area contributed by atoms with E-state index in [-0.39, 0.29) is 12.6 Å². The number of rotatable bonds is 32. The molecule has 236 valence electrons. The van der Waals surface area contributed by atoms with E-state index in [0.717, 1.165) is 25.7 Å². The van der Waals surface area contributed by atoms with Gasteiger partial charge in [-0.05, 0) is 44.9 Å². The van der Waals surface area contributed by atoms with Crippen LogP contribution in [0.5, 0.6) is 0 Å². The van der Waals surface area contributed by atoms with Crippen LogP contribution >= 0.6 is 0 Å². The Hall–Kier alpha value is -1.13. The van der Waals surface area contributed by atoms with E-state index in [0.29, 0.717) is 19.6 Å². The lowest BCUT2D eigenvalue weighted by Gasteiger charge is -2.15. The number of carbonyl (C=O) groups excluding carboxylic acids is 1. The average Bonchev–Trinajstić information content (AvgIpc) is 2.96. The molecule has 0 heterocycles. The number of carbonyl (C=O) groups is 1. The molecule has 0 amide bonds. The smallest absolute Gasteiger partial charge is 0.306 e. The Kier molecular flexibility index (Phi) is 33.1. The lowest BCUT2D eigenvalue weighted by atomic mass is 10.0. The molecule has 4 nitrogen and oxygen atoms in total. The van der Waals surface area contributed by atoms with E-state index in [9.17, 15) is 9.90 Å². The molecule has 0 fully saturated rings. The van der Waals surface area contributed by atoms with Gasteiger partial charge in [0.15, 0.2) is 0 Å². The summed E-state index contributed by atoms with van der Waals surface area (Å²) in [4.78, 5) is 12.1. The molecule has 0 aliphatic rings. The number of allylic oxidation sites excluding steroid dienone is 4. The maximum absolute atomic E-state index is 12.1. The van der Waals surface area contributed by atoms with Crippen molar-refractivity contribution in [2.24, 2.45) is 0 Å². The van der Waals surface area contributed by atoms with Gasteiger partial charge in [0.2, 0.25) is 0 Å². The topological polar surface area (TPSA) is 55.8 Å². The van der Waals surface area contributed by atoms with Crippen molar-refractivity contribution in [2.45, 2.75) is 180 Å². The molecule has 0 aliphatic carbocycles. The van der Waals surface area contributed by atoms with Crippen LogP contribution in [-0.2, 0) is 14.3 Å². The molecule has 0 aromatic heterocycles. The summed E-state index contributed by atoms with van der Waals surface area (Å²) in [5.74, 6) is -0.205. The van der Waals surface area contributed by atoms with E-state index in [1.54, 1.807) is 0 Å². The molecule has 0 bridgehead atoms. The molecule has 40 heavy (non-hydrogen) atoms. The fourth-order valence-corrected chi connectivity index (χ4v) is 4.89. The van der Waals surface area contributed by atoms with Crippen LogP contribution in [0.1, 0.15) is 174 Å². The highest BCUT2D eigenvalue weighted by molar-refractivity contribution is 5.69. The van der Waals surface area contributed by atoms with Crippen molar-refractivity contribution in [3.63, 3.8) is 0 Å². The molecule has 1 unspecified atom stereocenters. The summed E-state index contributed by atoms with van der Waals surface area (Å²) in [6.45, 7) is 5.30. The third-order valence-corrected chi connectivity index (χ3v) is 7.53. The van der Waals surface area contributed by atoms with Gasteiger partial charge in [0.05, 0.1) is 13.2 Å². The number of unbranched alkanes of at least 4 members (excludes halogenated alkanes) is 20. The molecule has 0 aromatic rings. The number of aliphatic hydroxyl groups is 1. The second kappa shape index (κ2) is 34.1. The predicted molar refractivity (Wildman–Crippen MR) is 173 cm³/mol. The highest BCUT2D eigenvalue weighted by Gasteiger charge is 2.13. The minimum absolute atomic E-state index is 0.173. The number of aliphatic hydroxyl groups excluding tert-OH is 1. The largest absolute Gasteiger partial charge is 0.457 e. The number of hydrogen-bond acceptors (Lipinski definition) is 4. The minimum Gasteiger partial charge on any atom is -0.457 e. The Morgan fingerprint density at radius 2 is 1.05 bits per heavy atom. The standard InChI is InChI=1S/C36H68O4/c1-3-5-7-9-11-13-15-17-18-19-20-22-24-26-28-30-32-39-34-35(33-37)40-36(38)31-29-27-25-23-21-16-14-12-10-8-6-4-2/h11,13,17-18,35,37H,3-10,12,14-16,19-34H2,1-2H3/b13-11-,18-17-. The summed E-state index contributed by atoms with van der Waals surface area (Å²) in [6, 6.07) is 0. The summed E-state index contributed by atoms with van der Waals surface area (Å²) in [7, 11) is 0. The van der Waals surface area contributed by atoms with Crippen LogP contribution in [0.4, 0.5) is 0 Å². The fourth-order valence-electron chi connectivity index (χ4n) is 4.89. The van der Waals surface area contributed by atoms with Crippen molar-refractivity contribution >= 4 is 5.97 Å². The molecular weight excluding hydrogens is 496 g/mol. The summed E-state index contributed by atoms with van der Waals surface area (Å²) in [6.07, 6.45) is 39.2. The van der Waals surface area contributed by atoms with Gasteiger partial charge in [0.25, 0.3) is 0 Å². The Morgan fingerprint density at radius 1 is 0.600 bits per heavy atom. The van der Waals surface area contributed by atoms with Crippen molar-refractivity contribution < 1.29 is 19.4 Å². The first-order chi connectivity index (χ1) is 19.7. The van der Waals surface area contributed by atoms with Crippen LogP contribution in [0.25, 0.3) is 0 Å². The van der Waals surface area contributed by atoms with Crippen LogP contribution in [0.2, 0.25) is 0 Å². The Balaban J connectivity index is 3.45. The summed E-state index contributed by atoms with van der Waals surface area (Å²) in [5, 5.41) is 9.53. The first-order valence-corrected chi connectivity index (χ1v) is 17.4. The van der Waals surface area contributed by atoms with Gasteiger partial charge in [-0.15, -0.1) is 0 Å². The van der Waals surface area contributed by atoms with Gasteiger partial charge < -0.3 is 14.6 Å². The van der Waals surface area contributed by atoms with E-state index in [4.69, 9.17) is 9.47 Å². The number of esters is 1. The van der Waals surface area contributed by atoms with E-state index in [1.807, 2.05) is 0 Å². The highest BCUT2D eigenvalue weighted by atomic mass is 16.6. The minimum atomic E-state index is -0.533. The third-order valence-electron chi connectivity index (χ3n) is 7.53. The van der Waals surface area contributed by atoms with Gasteiger partial charge in [-0.25, -0.2) is 0 Å². The van der Waals surface area contributed by atoms with E-state index in [2.05, 4.69) is 38.2 Å². The van der Waals surface area contributed by atoms with Gasteiger partial charge in [-0.2, -0.15) is 0 Å². The van der Waals surface area contributed by atoms with Crippen molar-refractivity contribution in [3.05, 3.63) is 24.3 Å². The second-order valence-corrected chi connectivity index (χ2v) is 11.6. The van der Waals surface area contributed by atoms with Crippen molar-refractivity contribution in [1.29, 1.82) is 0 Å². The first-order valence-electron chi connectivity index (χ1n) is 17.4. The van der Waals surface area contributed by atoms with E-state index >= 15 is 0 Å². The van der Waals surface area contributed by atoms with Crippen LogP contribution in [0, 0.1) is 0 Å². The number of ether oxygens (including phenoxy) is 2. The molecule has 0 saturated carbocycles. The lowest BCUT2D eigenvalue weighted by molar-refractivity contribution is -0.154. The van der Waals surface area contributed by atoms with Gasteiger partial charge >= 0.3 is 5.97 Å². The first kappa shape index (κ1) is 38.9. The fraction of sp³-hybridized carbons (Fsp3) is 0.861. The normalized spacial score (nSPS) is 12.6. The summed E-state index contributed by atoms with van der Waals surface area (Å²) >= 11 is 0. The van der Waals surface area contributed by atoms with Gasteiger partial charge in [0.1, 0.15) is 6.10 Å². The van der Waals surface area contributed by atoms with Crippen LogP contribution in [-0.4, -0.2) is 37.0 Å². The van der Waals surface area contributed by atoms with Crippen molar-refractivity contribution in [1.82, 2.24) is 0 Å². The molecule has 0 aliphatic heterocycles. The van der Waals surface area contributed by atoms with Crippen LogP contribution < -0.4 is 0 Å². The monoisotopic (exact) mass is 565 g/mol. The maximum Gasteiger partial charge on any atom is 0.306 e. The maximum atomic E-state index is 12.1. The molecule has 4 heteroatoms. The quantitative estimate of drug-likeness (QED) is 0.0501. The summed E-state index contributed by atoms with van der Waals surface area (Å²) in [5.41, 5.74) is 0. The van der Waals surface area contributed by atoms with Crippen LogP contribution in [0.15, 0.2) is 24.3 Å². The SMILES string of the molecule is CCCCC/C=C\C/C=C\CCCCCCCCOCC(CO)OC(=O)CCCCCCCCCCCCCC. The molecule has 0 rings (SSSR count). The highest BCUT2D eigenvalue weighted by Crippen LogP contribution is 2.13. The zero-order valence-electron chi connectivity index (χ0n) is 26.9. The zero-order valence-corrected chi connectivity index (χ0v) is 26.9. The number of hydrogen-bond donors (Lipinski definition) is 1. The Labute approximate surface area is 249 Å². The lowest BCUT2D eigenvalue weighted by Crippen LogP contribution is -2.27. The van der Waals surface area contributed by atoms with E-state index < -0.39 is 6.10 Å². The Morgan fingerprint density at radius 3 is 1.60 bits per heavy atom.